The molecule has 0 aliphatic heterocycles. The molecule has 0 aliphatic carbocycles. The van der Waals surface area contributed by atoms with E-state index in [0.717, 1.165) is 5.56 Å². The smallest absolute Gasteiger partial charge is 0.0181 e. The van der Waals surface area contributed by atoms with Gasteiger partial charge in [-0.25, -0.2) is 0 Å². The monoisotopic (exact) mass is 183 g/mol. The molecular weight excluding hydrogens is 172 g/mol. The Morgan fingerprint density at radius 3 is 2.57 bits per heavy atom. The topological polar surface area (TPSA) is 17.1 Å². The lowest BCUT2D eigenvalue weighted by Gasteiger charge is -2.04. The predicted octanol–water partition coefficient (Wildman–Crippen LogP) is 2.80. The van der Waals surface area contributed by atoms with Crippen LogP contribution in [-0.4, -0.2) is 6.29 Å². The molecule has 2 aromatic carbocycles. The Hall–Kier alpha value is -1.63. The second-order valence-electron chi connectivity index (χ2n) is 3.51. The minimum atomic E-state index is 0.379. The lowest BCUT2D eigenvalue weighted by atomic mass is 10.0. The van der Waals surface area contributed by atoms with Crippen molar-refractivity contribution in [3.05, 3.63) is 47.5 Å². The molecule has 14 heavy (non-hydrogen) atoms. The molecule has 0 spiro atoms. The molecule has 0 amide bonds. The molecule has 0 radical (unpaired) electrons. The highest BCUT2D eigenvalue weighted by Crippen LogP contribution is 2.17. The van der Waals surface area contributed by atoms with Crippen molar-refractivity contribution in [2.75, 3.05) is 0 Å². The fourth-order valence-electron chi connectivity index (χ4n) is 1.61. The van der Waals surface area contributed by atoms with E-state index in [4.69, 9.17) is 0 Å². The van der Waals surface area contributed by atoms with Gasteiger partial charge in [0.2, 0.25) is 0 Å². The van der Waals surface area contributed by atoms with Crippen molar-refractivity contribution in [3.63, 3.8) is 0 Å². The number of rotatable bonds is 2. The Morgan fingerprint density at radius 2 is 1.79 bits per heavy atom. The minimum Gasteiger partial charge on any atom is -0.541 e. The molecule has 0 atom stereocenters. The van der Waals surface area contributed by atoms with Gasteiger partial charge in [-0.2, -0.15) is 0 Å². The van der Waals surface area contributed by atoms with Crippen LogP contribution < -0.4 is 0 Å². The summed E-state index contributed by atoms with van der Waals surface area (Å²) >= 11 is 0. The molecule has 0 N–H and O–H groups in total. The zero-order valence-corrected chi connectivity index (χ0v) is 8.08. The van der Waals surface area contributed by atoms with Crippen LogP contribution in [0.4, 0.5) is 0 Å². The van der Waals surface area contributed by atoms with E-state index in [2.05, 4.69) is 31.2 Å². The van der Waals surface area contributed by atoms with Crippen molar-refractivity contribution >= 4 is 17.1 Å². The maximum atomic E-state index is 10.2. The van der Waals surface area contributed by atoms with E-state index < -0.39 is 0 Å². The summed E-state index contributed by atoms with van der Waals surface area (Å²) in [6.45, 7) is 2.08. The van der Waals surface area contributed by atoms with E-state index in [1.165, 1.54) is 16.3 Å². The highest BCUT2D eigenvalue weighted by Gasteiger charge is 1.93. The van der Waals surface area contributed by atoms with Crippen molar-refractivity contribution in [1.82, 2.24) is 0 Å². The van der Waals surface area contributed by atoms with Gasteiger partial charge in [-0.3, -0.25) is 6.29 Å². The van der Waals surface area contributed by atoms with E-state index in [1.54, 1.807) is 0 Å². The van der Waals surface area contributed by atoms with Crippen molar-refractivity contribution in [2.45, 2.75) is 13.3 Å². The molecule has 0 unspecified atom stereocenters. The second-order valence-corrected chi connectivity index (χ2v) is 3.51. The first-order chi connectivity index (χ1) is 6.79. The summed E-state index contributed by atoms with van der Waals surface area (Å²) in [5.74, 6) is 0. The highest BCUT2D eigenvalue weighted by atomic mass is 16.1. The number of hydrogen-bond donors (Lipinski definition) is 0. The van der Waals surface area contributed by atoms with Crippen LogP contribution >= 0.6 is 0 Å². The number of carbonyl (C=O) groups excluding carboxylic acids is 1. The van der Waals surface area contributed by atoms with Gasteiger partial charge in [0.05, 0.1) is 0 Å². The van der Waals surface area contributed by atoms with Crippen LogP contribution in [-0.2, 0) is 11.2 Å². The molecule has 0 saturated heterocycles. The molecule has 0 saturated carbocycles. The molecule has 2 aromatic rings. The van der Waals surface area contributed by atoms with Gasteiger partial charge < -0.3 is 4.79 Å². The third kappa shape index (κ3) is 1.67. The Bertz CT molecular complexity index is 472. The molecule has 70 valence electrons. The zero-order chi connectivity index (χ0) is 9.97. The summed E-state index contributed by atoms with van der Waals surface area (Å²) in [5, 5.41) is 2.41. The molecule has 0 aliphatic rings. The van der Waals surface area contributed by atoms with Gasteiger partial charge in [0.25, 0.3) is 0 Å². The molecule has 0 heterocycles. The average Bonchev–Trinajstić information content (AvgIpc) is 2.19. The summed E-state index contributed by atoms with van der Waals surface area (Å²) in [4.78, 5) is 10.2. The van der Waals surface area contributed by atoms with Crippen LogP contribution in [0.3, 0.4) is 0 Å². The molecule has 0 fully saturated rings. The van der Waals surface area contributed by atoms with E-state index in [0.29, 0.717) is 6.42 Å². The van der Waals surface area contributed by atoms with Crippen LogP contribution in [0.5, 0.6) is 0 Å². The molecule has 0 bridgehead atoms. The first kappa shape index (κ1) is 8.95. The van der Waals surface area contributed by atoms with Gasteiger partial charge in [-0.15, -0.1) is 6.42 Å². The fraction of sp³-hybridized carbons (Fsp3) is 0.154. The zero-order valence-electron chi connectivity index (χ0n) is 8.08. The SMILES string of the molecule is Cc1ccc2cc(C[C-]=O)ccc2c1. The first-order valence-corrected chi connectivity index (χ1v) is 4.64. The van der Waals surface area contributed by atoms with Crippen molar-refractivity contribution in [1.29, 1.82) is 0 Å². The summed E-state index contributed by atoms with van der Waals surface area (Å²) in [6.07, 6.45) is 2.29. The molecule has 0 aromatic heterocycles. The van der Waals surface area contributed by atoms with Gasteiger partial charge in [0.1, 0.15) is 0 Å². The average molecular weight is 183 g/mol. The second kappa shape index (κ2) is 3.62. The Labute approximate surface area is 83.4 Å². The van der Waals surface area contributed by atoms with Crippen LogP contribution in [0.25, 0.3) is 10.8 Å². The minimum absolute atomic E-state index is 0.379. The molecule has 1 nitrogen and oxygen atoms in total. The maximum absolute atomic E-state index is 10.2. The van der Waals surface area contributed by atoms with Gasteiger partial charge in [-0.05, 0) is 17.7 Å². The van der Waals surface area contributed by atoms with E-state index in [-0.39, 0.29) is 0 Å². The normalized spacial score (nSPS) is 10.4. The molecular formula is C13H11O-. The maximum Gasteiger partial charge on any atom is -0.0181 e. The number of benzene rings is 2. The Morgan fingerprint density at radius 1 is 1.07 bits per heavy atom. The Kier molecular flexibility index (Phi) is 2.32. The van der Waals surface area contributed by atoms with E-state index >= 15 is 0 Å². The number of fused-ring (bicyclic) bond motifs is 1. The highest BCUT2D eigenvalue weighted by molar-refractivity contribution is 5.84. The molecule has 1 heteroatoms. The van der Waals surface area contributed by atoms with Crippen LogP contribution in [0.2, 0.25) is 0 Å². The number of aryl methyl sites for hydroxylation is 1. The fourth-order valence-corrected chi connectivity index (χ4v) is 1.61. The first-order valence-electron chi connectivity index (χ1n) is 4.64. The Balaban J connectivity index is 2.55. The quantitative estimate of drug-likeness (QED) is 0.654. The van der Waals surface area contributed by atoms with E-state index in [9.17, 15) is 4.79 Å². The predicted molar refractivity (Wildman–Crippen MR) is 58.1 cm³/mol. The van der Waals surface area contributed by atoms with Gasteiger partial charge in [0, 0.05) is 0 Å². The van der Waals surface area contributed by atoms with Gasteiger partial charge >= 0.3 is 0 Å². The largest absolute Gasteiger partial charge is 0.541 e. The summed E-state index contributed by atoms with van der Waals surface area (Å²) in [5.41, 5.74) is 2.28. The van der Waals surface area contributed by atoms with Crippen molar-refractivity contribution < 1.29 is 4.79 Å². The summed E-state index contributed by atoms with van der Waals surface area (Å²) < 4.78 is 0. The van der Waals surface area contributed by atoms with Crippen LogP contribution in [0.1, 0.15) is 11.1 Å². The van der Waals surface area contributed by atoms with Crippen LogP contribution in [0, 0.1) is 6.92 Å². The third-order valence-corrected chi connectivity index (χ3v) is 2.34. The van der Waals surface area contributed by atoms with Crippen molar-refractivity contribution in [3.8, 4) is 0 Å². The summed E-state index contributed by atoms with van der Waals surface area (Å²) in [7, 11) is 0. The third-order valence-electron chi connectivity index (χ3n) is 2.34. The van der Waals surface area contributed by atoms with Crippen molar-refractivity contribution in [2.24, 2.45) is 0 Å². The van der Waals surface area contributed by atoms with E-state index in [1.807, 2.05) is 18.4 Å². The molecule has 2 rings (SSSR count). The number of hydrogen-bond acceptors (Lipinski definition) is 1. The van der Waals surface area contributed by atoms with Crippen LogP contribution in [0.15, 0.2) is 36.4 Å². The van der Waals surface area contributed by atoms with Gasteiger partial charge in [0.15, 0.2) is 0 Å². The standard InChI is InChI=1S/C13H11O/c1-10-2-4-13-9-11(6-7-14)3-5-12(13)8-10/h2-5,8-9H,6H2,1H3/q-1. The lowest BCUT2D eigenvalue weighted by Crippen LogP contribution is -1.85. The lowest BCUT2D eigenvalue weighted by molar-refractivity contribution is 0.555. The van der Waals surface area contributed by atoms with Gasteiger partial charge in [-0.1, -0.05) is 47.5 Å². The summed E-state index contributed by atoms with van der Waals surface area (Å²) in [6, 6.07) is 12.4.